The second kappa shape index (κ2) is 12.0. The summed E-state index contributed by atoms with van der Waals surface area (Å²) in [4.78, 5) is 0. The van der Waals surface area contributed by atoms with E-state index in [9.17, 15) is 0 Å². The summed E-state index contributed by atoms with van der Waals surface area (Å²) in [5, 5.41) is 22.3. The van der Waals surface area contributed by atoms with Crippen LogP contribution >= 0.6 is 23.5 Å². The normalized spacial score (nSPS) is 11.9. The highest BCUT2D eigenvalue weighted by Crippen LogP contribution is 2.44. The van der Waals surface area contributed by atoms with Crippen LogP contribution in [-0.2, 0) is 5.41 Å². The molecule has 0 aliphatic carbocycles. The summed E-state index contributed by atoms with van der Waals surface area (Å²) in [5.74, 6) is 4.89. The standard InChI is InChI=1S/C26H34O4S2/c1-26(2,3)19-8-9-22-23(18-19)25(30-13-17-32-15-11-28)21-7-5-4-6-20(21)24(22)29-12-16-31-14-10-27/h4-9,18,27-28H,10-17H2,1-3H3. The van der Waals surface area contributed by atoms with Crippen LogP contribution in [0.15, 0.2) is 42.5 Å². The molecule has 0 aliphatic rings. The van der Waals surface area contributed by atoms with E-state index in [1.165, 1.54) is 5.56 Å². The van der Waals surface area contributed by atoms with Gasteiger partial charge in [-0.05, 0) is 17.0 Å². The van der Waals surface area contributed by atoms with E-state index in [2.05, 4.69) is 51.1 Å². The minimum Gasteiger partial charge on any atom is -0.491 e. The van der Waals surface area contributed by atoms with Crippen LogP contribution in [-0.4, -0.2) is 59.7 Å². The number of aliphatic hydroxyl groups is 2. The van der Waals surface area contributed by atoms with Gasteiger partial charge in [0.15, 0.2) is 0 Å². The third-order valence-corrected chi connectivity index (χ3v) is 7.06. The molecule has 0 bridgehead atoms. The average Bonchev–Trinajstić information content (AvgIpc) is 2.78. The quantitative estimate of drug-likeness (QED) is 0.267. The fourth-order valence-corrected chi connectivity index (χ4v) is 4.68. The summed E-state index contributed by atoms with van der Waals surface area (Å²) in [6.07, 6.45) is 0. The second-order valence-electron chi connectivity index (χ2n) is 8.58. The van der Waals surface area contributed by atoms with Crippen molar-refractivity contribution >= 4 is 45.1 Å². The zero-order valence-corrected chi connectivity index (χ0v) is 20.9. The summed E-state index contributed by atoms with van der Waals surface area (Å²) in [7, 11) is 0. The van der Waals surface area contributed by atoms with Gasteiger partial charge in [-0.1, -0.05) is 57.2 Å². The predicted octanol–water partition coefficient (Wildman–Crippen LogP) is 5.50. The molecule has 174 valence electrons. The Morgan fingerprint density at radius 2 is 1.19 bits per heavy atom. The van der Waals surface area contributed by atoms with Gasteiger partial charge in [0, 0.05) is 44.6 Å². The molecule has 6 heteroatoms. The zero-order valence-electron chi connectivity index (χ0n) is 19.2. The van der Waals surface area contributed by atoms with Gasteiger partial charge in [-0.25, -0.2) is 0 Å². The van der Waals surface area contributed by atoms with E-state index in [-0.39, 0.29) is 18.6 Å². The van der Waals surface area contributed by atoms with Gasteiger partial charge >= 0.3 is 0 Å². The van der Waals surface area contributed by atoms with Crippen molar-refractivity contribution in [3.8, 4) is 11.5 Å². The Hall–Kier alpha value is -1.60. The summed E-state index contributed by atoms with van der Waals surface area (Å²) < 4.78 is 12.7. The van der Waals surface area contributed by atoms with Crippen LogP contribution < -0.4 is 9.47 Å². The molecule has 0 aromatic heterocycles. The topological polar surface area (TPSA) is 58.9 Å². The number of ether oxygens (including phenoxy) is 2. The highest BCUT2D eigenvalue weighted by Gasteiger charge is 2.20. The Morgan fingerprint density at radius 1 is 0.688 bits per heavy atom. The number of fused-ring (bicyclic) bond motifs is 2. The van der Waals surface area contributed by atoms with E-state index in [1.54, 1.807) is 23.5 Å². The van der Waals surface area contributed by atoms with E-state index < -0.39 is 0 Å². The van der Waals surface area contributed by atoms with Gasteiger partial charge in [-0.15, -0.1) is 0 Å². The molecule has 0 radical (unpaired) electrons. The molecule has 0 unspecified atom stereocenters. The predicted molar refractivity (Wildman–Crippen MR) is 140 cm³/mol. The van der Waals surface area contributed by atoms with Crippen LogP contribution in [0.1, 0.15) is 26.3 Å². The molecule has 3 rings (SSSR count). The number of thioether (sulfide) groups is 2. The number of aliphatic hydroxyl groups excluding tert-OH is 2. The van der Waals surface area contributed by atoms with Gasteiger partial charge in [-0.2, -0.15) is 23.5 Å². The molecule has 0 saturated heterocycles. The van der Waals surface area contributed by atoms with Crippen LogP contribution in [0, 0.1) is 0 Å². The zero-order chi connectivity index (χ0) is 23.0. The molecule has 0 atom stereocenters. The fraction of sp³-hybridized carbons (Fsp3) is 0.462. The molecule has 4 nitrogen and oxygen atoms in total. The van der Waals surface area contributed by atoms with Crippen molar-refractivity contribution in [3.63, 3.8) is 0 Å². The maximum absolute atomic E-state index is 9.03. The molecule has 2 N–H and O–H groups in total. The third kappa shape index (κ3) is 6.25. The lowest BCUT2D eigenvalue weighted by molar-refractivity contribution is 0.321. The monoisotopic (exact) mass is 474 g/mol. The highest BCUT2D eigenvalue weighted by molar-refractivity contribution is 7.99. The summed E-state index contributed by atoms with van der Waals surface area (Å²) in [6.45, 7) is 8.21. The molecule has 0 fully saturated rings. The Balaban J connectivity index is 2.06. The first-order valence-corrected chi connectivity index (χ1v) is 13.4. The molecular formula is C26H34O4S2. The molecule has 3 aromatic carbocycles. The largest absolute Gasteiger partial charge is 0.491 e. The molecule has 0 heterocycles. The van der Waals surface area contributed by atoms with E-state index in [4.69, 9.17) is 19.7 Å². The molecule has 0 spiro atoms. The van der Waals surface area contributed by atoms with Crippen molar-refractivity contribution in [1.29, 1.82) is 0 Å². The van der Waals surface area contributed by atoms with Gasteiger partial charge in [0.05, 0.1) is 26.4 Å². The Kier molecular flexibility index (Phi) is 9.41. The first kappa shape index (κ1) is 25.0. The van der Waals surface area contributed by atoms with Gasteiger partial charge in [0.2, 0.25) is 0 Å². The molecule has 32 heavy (non-hydrogen) atoms. The van der Waals surface area contributed by atoms with Crippen LogP contribution in [0.4, 0.5) is 0 Å². The van der Waals surface area contributed by atoms with Crippen molar-refractivity contribution in [2.75, 3.05) is 49.4 Å². The van der Waals surface area contributed by atoms with E-state index in [1.807, 2.05) is 12.1 Å². The highest BCUT2D eigenvalue weighted by atomic mass is 32.2. The second-order valence-corrected chi connectivity index (χ2v) is 11.0. The SMILES string of the molecule is CC(C)(C)c1ccc2c(OCCSCCO)c3ccccc3c(OCCSCCO)c2c1. The number of hydrogen-bond donors (Lipinski definition) is 2. The van der Waals surface area contributed by atoms with Crippen molar-refractivity contribution in [2.45, 2.75) is 26.2 Å². The smallest absolute Gasteiger partial charge is 0.135 e. The third-order valence-electron chi connectivity index (χ3n) is 5.21. The first-order chi connectivity index (χ1) is 15.5. The lowest BCUT2D eigenvalue weighted by atomic mass is 9.85. The average molecular weight is 475 g/mol. The number of rotatable bonds is 12. The van der Waals surface area contributed by atoms with Crippen molar-refractivity contribution < 1.29 is 19.7 Å². The van der Waals surface area contributed by atoms with Gasteiger partial charge in [0.25, 0.3) is 0 Å². The van der Waals surface area contributed by atoms with E-state index in [0.717, 1.165) is 56.1 Å². The van der Waals surface area contributed by atoms with Gasteiger partial charge in [-0.3, -0.25) is 0 Å². The Morgan fingerprint density at radius 3 is 1.69 bits per heavy atom. The lowest BCUT2D eigenvalue weighted by Crippen LogP contribution is -2.11. The van der Waals surface area contributed by atoms with Crippen LogP contribution in [0.2, 0.25) is 0 Å². The van der Waals surface area contributed by atoms with Gasteiger partial charge < -0.3 is 19.7 Å². The first-order valence-electron chi connectivity index (χ1n) is 11.1. The minimum absolute atomic E-state index is 0.0238. The van der Waals surface area contributed by atoms with Crippen LogP contribution in [0.25, 0.3) is 21.5 Å². The summed E-state index contributed by atoms with van der Waals surface area (Å²) in [6, 6.07) is 14.8. The van der Waals surface area contributed by atoms with E-state index >= 15 is 0 Å². The Bertz CT molecular complexity index is 1010. The molecule has 0 aliphatic heterocycles. The summed E-state index contributed by atoms with van der Waals surface area (Å²) >= 11 is 3.38. The summed E-state index contributed by atoms with van der Waals surface area (Å²) in [5.41, 5.74) is 1.28. The van der Waals surface area contributed by atoms with Gasteiger partial charge in [0.1, 0.15) is 11.5 Å². The molecule has 0 saturated carbocycles. The molecular weight excluding hydrogens is 440 g/mol. The maximum Gasteiger partial charge on any atom is 0.135 e. The van der Waals surface area contributed by atoms with Crippen LogP contribution in [0.5, 0.6) is 11.5 Å². The van der Waals surface area contributed by atoms with Crippen LogP contribution in [0.3, 0.4) is 0 Å². The molecule has 3 aromatic rings. The fourth-order valence-electron chi connectivity index (χ4n) is 3.62. The van der Waals surface area contributed by atoms with E-state index in [0.29, 0.717) is 13.2 Å². The van der Waals surface area contributed by atoms with Crippen molar-refractivity contribution in [3.05, 3.63) is 48.0 Å². The minimum atomic E-state index is 0.0238. The number of benzene rings is 3. The number of hydrogen-bond acceptors (Lipinski definition) is 6. The molecule has 0 amide bonds. The van der Waals surface area contributed by atoms with Crippen molar-refractivity contribution in [2.24, 2.45) is 0 Å². The Labute approximate surface area is 199 Å². The lowest BCUT2D eigenvalue weighted by Gasteiger charge is -2.22. The van der Waals surface area contributed by atoms with Crippen molar-refractivity contribution in [1.82, 2.24) is 0 Å². The maximum atomic E-state index is 9.03.